The van der Waals surface area contributed by atoms with Gasteiger partial charge in [-0.25, -0.2) is 0 Å². The van der Waals surface area contributed by atoms with Crippen molar-refractivity contribution in [3.8, 4) is 0 Å². The molecule has 0 radical (unpaired) electrons. The number of likely N-dealkylation sites (tertiary alicyclic amines) is 1. The molecule has 46 heavy (non-hydrogen) atoms. The van der Waals surface area contributed by atoms with Gasteiger partial charge >= 0.3 is 12.4 Å². The summed E-state index contributed by atoms with van der Waals surface area (Å²) in [6, 6.07) is 15.7. The van der Waals surface area contributed by atoms with E-state index in [1.165, 1.54) is 19.1 Å². The highest BCUT2D eigenvalue weighted by Crippen LogP contribution is 2.37. The summed E-state index contributed by atoms with van der Waals surface area (Å²) >= 11 is 12.3. The molecule has 4 rings (SSSR count). The number of hydrogen-bond acceptors (Lipinski definition) is 3. The largest absolute Gasteiger partial charge is 0.416 e. The smallest absolute Gasteiger partial charge is 0.351 e. The molecule has 0 aliphatic carbocycles. The Labute approximate surface area is 273 Å². The number of carbonyl (C=O) groups excluding carboxylic acids is 2. The van der Waals surface area contributed by atoms with Gasteiger partial charge in [-0.1, -0.05) is 59.6 Å². The number of rotatable bonds is 10. The number of carbonyl (C=O) groups is 2. The summed E-state index contributed by atoms with van der Waals surface area (Å²) in [5.41, 5.74) is -2.18. The Morgan fingerprint density at radius 2 is 1.48 bits per heavy atom. The first-order valence-electron chi connectivity index (χ1n) is 14.6. The van der Waals surface area contributed by atoms with Gasteiger partial charge in [0.25, 0.3) is 0 Å². The predicted octanol–water partition coefficient (Wildman–Crippen LogP) is 8.34. The van der Waals surface area contributed by atoms with Gasteiger partial charge in [0.15, 0.2) is 0 Å². The number of halogens is 8. The molecule has 0 aromatic heterocycles. The average molecular weight is 689 g/mol. The van der Waals surface area contributed by atoms with Crippen molar-refractivity contribution in [3.05, 3.63) is 105 Å². The lowest BCUT2D eigenvalue weighted by Crippen LogP contribution is -2.52. The summed E-state index contributed by atoms with van der Waals surface area (Å²) in [7, 11) is 0. The molecular weight excluding hydrogens is 655 g/mol. The average Bonchev–Trinajstić information content (AvgIpc) is 2.99. The summed E-state index contributed by atoms with van der Waals surface area (Å²) in [6.45, 7) is 2.96. The molecule has 1 fully saturated rings. The molecule has 1 unspecified atom stereocenters. The maximum atomic E-state index is 13.4. The minimum Gasteiger partial charge on any atom is -0.351 e. The predicted molar refractivity (Wildman–Crippen MR) is 164 cm³/mol. The van der Waals surface area contributed by atoms with Crippen LogP contribution in [-0.2, 0) is 34.0 Å². The van der Waals surface area contributed by atoms with Crippen LogP contribution in [0.25, 0.3) is 0 Å². The number of amides is 2. The Bertz CT molecular complexity index is 1490. The number of hydrogen-bond donors (Lipinski definition) is 2. The van der Waals surface area contributed by atoms with Gasteiger partial charge in [-0.2, -0.15) is 26.3 Å². The van der Waals surface area contributed by atoms with E-state index < -0.39 is 47.4 Å². The Balaban J connectivity index is 1.45. The van der Waals surface area contributed by atoms with E-state index in [0.717, 1.165) is 5.56 Å². The summed E-state index contributed by atoms with van der Waals surface area (Å²) < 4.78 is 80.0. The second-order valence-corrected chi connectivity index (χ2v) is 12.3. The molecule has 0 spiro atoms. The number of piperidine rings is 1. The minimum absolute atomic E-state index is 0.0461. The maximum Gasteiger partial charge on any atom is 0.416 e. The fourth-order valence-corrected chi connectivity index (χ4v) is 6.18. The topological polar surface area (TPSA) is 61.4 Å². The highest BCUT2D eigenvalue weighted by atomic mass is 35.5. The first-order chi connectivity index (χ1) is 21.6. The first kappa shape index (κ1) is 35.6. The van der Waals surface area contributed by atoms with E-state index in [1.807, 2.05) is 30.3 Å². The zero-order valence-electron chi connectivity index (χ0n) is 24.9. The van der Waals surface area contributed by atoms with Crippen LogP contribution in [0.15, 0.2) is 66.7 Å². The SMILES string of the molecule is CC(=O)NC1(c2ccccc2)CCN(CCCC(C(=O)NCc2cc(C(F)(F)F)cc(C(F)(F)F)c2)c2ccc(Cl)c(Cl)c2)CC1. The van der Waals surface area contributed by atoms with Crippen molar-refractivity contribution in [2.45, 2.75) is 63.0 Å². The van der Waals surface area contributed by atoms with Crippen molar-refractivity contribution in [2.24, 2.45) is 0 Å². The van der Waals surface area contributed by atoms with Gasteiger partial charge < -0.3 is 15.5 Å². The van der Waals surface area contributed by atoms with Crippen molar-refractivity contribution < 1.29 is 35.9 Å². The van der Waals surface area contributed by atoms with Gasteiger partial charge in [0.1, 0.15) is 0 Å². The van der Waals surface area contributed by atoms with E-state index in [0.29, 0.717) is 63.0 Å². The molecule has 2 amide bonds. The van der Waals surface area contributed by atoms with E-state index in [1.54, 1.807) is 6.07 Å². The second-order valence-electron chi connectivity index (χ2n) is 11.5. The van der Waals surface area contributed by atoms with Gasteiger partial charge in [-0.15, -0.1) is 0 Å². The first-order valence-corrected chi connectivity index (χ1v) is 15.4. The summed E-state index contributed by atoms with van der Waals surface area (Å²) in [5, 5.41) is 6.13. The number of alkyl halides is 6. The molecule has 248 valence electrons. The van der Waals surface area contributed by atoms with E-state index in [2.05, 4.69) is 15.5 Å². The third kappa shape index (κ3) is 9.17. The molecule has 3 aromatic carbocycles. The molecule has 1 aliphatic rings. The zero-order valence-corrected chi connectivity index (χ0v) is 26.4. The molecule has 3 aromatic rings. The maximum absolute atomic E-state index is 13.4. The zero-order chi connectivity index (χ0) is 33.7. The minimum atomic E-state index is -5.00. The standard InChI is InChI=1S/C33H33Cl2F6N3O2/c1-21(45)43-31(24-6-3-2-4-7-24)11-14-44(15-12-31)13-5-8-27(23-9-10-28(34)29(35)18-23)30(46)42-20-22-16-25(32(36,37)38)19-26(17-22)33(39,40)41/h2-4,6-7,9-10,16-19,27H,5,8,11-15,20H2,1H3,(H,42,46)(H,43,45). The Kier molecular flexibility index (Phi) is 11.3. The van der Waals surface area contributed by atoms with Crippen LogP contribution < -0.4 is 10.6 Å². The van der Waals surface area contributed by atoms with Crippen LogP contribution >= 0.6 is 23.2 Å². The molecule has 1 heterocycles. The Hall–Kier alpha value is -3.28. The van der Waals surface area contributed by atoms with Gasteiger partial charge in [0.05, 0.1) is 32.6 Å². The fraction of sp³-hybridized carbons (Fsp3) is 0.394. The molecule has 13 heteroatoms. The second kappa shape index (κ2) is 14.6. The third-order valence-electron chi connectivity index (χ3n) is 8.20. The van der Waals surface area contributed by atoms with Crippen molar-refractivity contribution in [1.82, 2.24) is 15.5 Å². The lowest BCUT2D eigenvalue weighted by atomic mass is 9.80. The molecule has 1 atom stereocenters. The summed E-state index contributed by atoms with van der Waals surface area (Å²) in [5.74, 6) is -1.49. The normalized spacial score (nSPS) is 16.1. The van der Waals surface area contributed by atoms with Crippen LogP contribution in [0.3, 0.4) is 0 Å². The van der Waals surface area contributed by atoms with E-state index in [-0.39, 0.29) is 27.6 Å². The fourth-order valence-electron chi connectivity index (χ4n) is 5.87. The molecule has 0 bridgehead atoms. The Morgan fingerprint density at radius 1 is 0.870 bits per heavy atom. The highest BCUT2D eigenvalue weighted by molar-refractivity contribution is 6.42. The summed E-state index contributed by atoms with van der Waals surface area (Å²) in [4.78, 5) is 27.7. The van der Waals surface area contributed by atoms with E-state index in [9.17, 15) is 35.9 Å². The quantitative estimate of drug-likeness (QED) is 0.211. The van der Waals surface area contributed by atoms with Crippen molar-refractivity contribution in [2.75, 3.05) is 19.6 Å². The van der Waals surface area contributed by atoms with Crippen molar-refractivity contribution in [3.63, 3.8) is 0 Å². The molecule has 0 saturated carbocycles. The lowest BCUT2D eigenvalue weighted by Gasteiger charge is -2.42. The van der Waals surface area contributed by atoms with Crippen LogP contribution in [0.5, 0.6) is 0 Å². The van der Waals surface area contributed by atoms with Crippen LogP contribution in [0.1, 0.15) is 66.3 Å². The van der Waals surface area contributed by atoms with E-state index >= 15 is 0 Å². The number of benzene rings is 3. The van der Waals surface area contributed by atoms with Gasteiger partial charge in [-0.3, -0.25) is 9.59 Å². The number of nitrogens with zero attached hydrogens (tertiary/aromatic N) is 1. The van der Waals surface area contributed by atoms with Crippen molar-refractivity contribution in [1.29, 1.82) is 0 Å². The van der Waals surface area contributed by atoms with E-state index in [4.69, 9.17) is 23.2 Å². The summed E-state index contributed by atoms with van der Waals surface area (Å²) in [6.07, 6.45) is -7.75. The molecule has 1 aliphatic heterocycles. The number of nitrogens with one attached hydrogen (secondary N) is 2. The van der Waals surface area contributed by atoms with Crippen LogP contribution in [0.4, 0.5) is 26.3 Å². The van der Waals surface area contributed by atoms with Crippen LogP contribution in [0.2, 0.25) is 10.0 Å². The molecule has 2 N–H and O–H groups in total. The highest BCUT2D eigenvalue weighted by Gasteiger charge is 2.38. The van der Waals surface area contributed by atoms with Crippen LogP contribution in [-0.4, -0.2) is 36.3 Å². The monoisotopic (exact) mass is 687 g/mol. The van der Waals surface area contributed by atoms with Gasteiger partial charge in [-0.05, 0) is 79.3 Å². The Morgan fingerprint density at radius 3 is 2.02 bits per heavy atom. The molecule has 1 saturated heterocycles. The van der Waals surface area contributed by atoms with Gasteiger partial charge in [0.2, 0.25) is 11.8 Å². The van der Waals surface area contributed by atoms with Gasteiger partial charge in [0, 0.05) is 26.6 Å². The van der Waals surface area contributed by atoms with Crippen LogP contribution in [0, 0.1) is 0 Å². The van der Waals surface area contributed by atoms with Crippen molar-refractivity contribution >= 4 is 35.0 Å². The third-order valence-corrected chi connectivity index (χ3v) is 8.93. The molecular formula is C33H33Cl2F6N3O2. The molecule has 5 nitrogen and oxygen atoms in total. The lowest BCUT2D eigenvalue weighted by molar-refractivity contribution is -0.143.